The molecule has 1 N–H and O–H groups in total. The minimum atomic E-state index is 0.776. The summed E-state index contributed by atoms with van der Waals surface area (Å²) in [7, 11) is 1.73. The lowest BCUT2D eigenvalue weighted by molar-refractivity contribution is 0.199. The van der Waals surface area contributed by atoms with Crippen LogP contribution in [0.4, 0.5) is 0 Å². The Hall–Kier alpha value is -1.58. The largest absolute Gasteiger partial charge is 0.383 e. The van der Waals surface area contributed by atoms with E-state index in [4.69, 9.17) is 4.74 Å². The van der Waals surface area contributed by atoms with Gasteiger partial charge in [0.15, 0.2) is 0 Å². The normalized spacial score (nSPS) is 11.1. The van der Waals surface area contributed by atoms with Gasteiger partial charge in [0.2, 0.25) is 0 Å². The molecular weight excluding hydrogens is 248 g/mol. The number of fused-ring (bicyclic) bond motifs is 1. The van der Waals surface area contributed by atoms with E-state index in [9.17, 15) is 0 Å². The Kier molecular flexibility index (Phi) is 5.84. The Labute approximate surface area is 121 Å². The van der Waals surface area contributed by atoms with Crippen molar-refractivity contribution in [2.75, 3.05) is 26.8 Å². The number of methoxy groups -OCH3 is 1. The topological polar surface area (TPSA) is 26.2 Å². The molecule has 0 radical (unpaired) electrons. The number of nitrogens with zero attached hydrogens (tertiary/aromatic N) is 1. The van der Waals surface area contributed by atoms with Gasteiger partial charge in [0.05, 0.1) is 6.61 Å². The quantitative estimate of drug-likeness (QED) is 0.561. The molecule has 1 aromatic heterocycles. The number of rotatable bonds is 9. The summed E-state index contributed by atoms with van der Waals surface area (Å²) in [5.74, 6) is 0. The van der Waals surface area contributed by atoms with Crippen LogP contribution < -0.4 is 5.32 Å². The molecule has 1 heterocycles. The molecule has 108 valence electrons. The van der Waals surface area contributed by atoms with Gasteiger partial charge in [0.25, 0.3) is 0 Å². The summed E-state index contributed by atoms with van der Waals surface area (Å²) in [5.41, 5.74) is 2.73. The summed E-state index contributed by atoms with van der Waals surface area (Å²) in [4.78, 5) is 0. The van der Waals surface area contributed by atoms with Gasteiger partial charge in [-0.1, -0.05) is 24.3 Å². The predicted molar refractivity (Wildman–Crippen MR) is 85.2 cm³/mol. The van der Waals surface area contributed by atoms with E-state index >= 15 is 0 Å². The monoisotopic (exact) mass is 272 g/mol. The number of aromatic nitrogens is 1. The zero-order valence-electron chi connectivity index (χ0n) is 12.3. The van der Waals surface area contributed by atoms with E-state index in [-0.39, 0.29) is 0 Å². The van der Waals surface area contributed by atoms with Crippen LogP contribution in [0.25, 0.3) is 10.9 Å². The van der Waals surface area contributed by atoms with Crippen LogP contribution in [0.5, 0.6) is 0 Å². The van der Waals surface area contributed by atoms with Gasteiger partial charge in [0.1, 0.15) is 0 Å². The molecule has 2 aromatic rings. The fourth-order valence-electron chi connectivity index (χ4n) is 2.52. The molecule has 0 saturated carbocycles. The second-order valence-corrected chi connectivity index (χ2v) is 4.96. The molecule has 2 rings (SSSR count). The van der Waals surface area contributed by atoms with E-state index in [0.29, 0.717) is 0 Å². The van der Waals surface area contributed by atoms with E-state index in [0.717, 1.165) is 39.1 Å². The molecular formula is C17H24N2O. The minimum Gasteiger partial charge on any atom is -0.383 e. The summed E-state index contributed by atoms with van der Waals surface area (Å²) in [5, 5.41) is 4.76. The third-order valence-corrected chi connectivity index (χ3v) is 3.48. The SMILES string of the molecule is C=CCn1cc(CCCNCCOC)c2ccccc21. The number of aryl methyl sites for hydroxylation is 1. The molecule has 3 heteroatoms. The van der Waals surface area contributed by atoms with Crippen LogP contribution in [0, 0.1) is 0 Å². The van der Waals surface area contributed by atoms with Crippen molar-refractivity contribution >= 4 is 10.9 Å². The van der Waals surface area contributed by atoms with E-state index in [1.807, 2.05) is 6.08 Å². The van der Waals surface area contributed by atoms with Crippen LogP contribution in [-0.4, -0.2) is 31.4 Å². The Morgan fingerprint density at radius 1 is 1.30 bits per heavy atom. The zero-order chi connectivity index (χ0) is 14.2. The highest BCUT2D eigenvalue weighted by Gasteiger charge is 2.06. The first-order chi connectivity index (χ1) is 9.86. The molecule has 0 atom stereocenters. The van der Waals surface area contributed by atoms with E-state index < -0.39 is 0 Å². The van der Waals surface area contributed by atoms with Gasteiger partial charge in [0, 0.05) is 37.3 Å². The standard InChI is InChI=1S/C17H24N2O/c1-3-12-19-14-15(7-6-10-18-11-13-20-2)16-8-4-5-9-17(16)19/h3-5,8-9,14,18H,1,6-7,10-13H2,2H3. The number of hydrogen-bond donors (Lipinski definition) is 1. The Morgan fingerprint density at radius 3 is 2.95 bits per heavy atom. The second kappa shape index (κ2) is 7.88. The van der Waals surface area contributed by atoms with Crippen molar-refractivity contribution < 1.29 is 4.74 Å². The van der Waals surface area contributed by atoms with Gasteiger partial charge in [-0.25, -0.2) is 0 Å². The van der Waals surface area contributed by atoms with Crippen molar-refractivity contribution in [3.05, 3.63) is 48.7 Å². The summed E-state index contributed by atoms with van der Waals surface area (Å²) in [6, 6.07) is 8.60. The maximum atomic E-state index is 5.02. The van der Waals surface area contributed by atoms with E-state index in [1.165, 1.54) is 16.5 Å². The van der Waals surface area contributed by atoms with E-state index in [1.54, 1.807) is 7.11 Å². The van der Waals surface area contributed by atoms with Crippen molar-refractivity contribution in [2.45, 2.75) is 19.4 Å². The zero-order valence-corrected chi connectivity index (χ0v) is 12.3. The highest BCUT2D eigenvalue weighted by atomic mass is 16.5. The summed E-state index contributed by atoms with van der Waals surface area (Å²) in [6.45, 7) is 7.43. The summed E-state index contributed by atoms with van der Waals surface area (Å²) >= 11 is 0. The molecule has 0 unspecified atom stereocenters. The molecule has 3 nitrogen and oxygen atoms in total. The van der Waals surface area contributed by atoms with Crippen LogP contribution in [0.1, 0.15) is 12.0 Å². The lowest BCUT2D eigenvalue weighted by Gasteiger charge is -2.03. The Balaban J connectivity index is 1.97. The first-order valence-electron chi connectivity index (χ1n) is 7.24. The second-order valence-electron chi connectivity index (χ2n) is 4.96. The van der Waals surface area contributed by atoms with Gasteiger partial charge in [-0.05, 0) is 31.0 Å². The van der Waals surface area contributed by atoms with Crippen LogP contribution in [-0.2, 0) is 17.7 Å². The lowest BCUT2D eigenvalue weighted by atomic mass is 10.1. The van der Waals surface area contributed by atoms with Gasteiger partial charge in [-0.15, -0.1) is 6.58 Å². The molecule has 1 aromatic carbocycles. The highest BCUT2D eigenvalue weighted by molar-refractivity contribution is 5.84. The summed E-state index contributed by atoms with van der Waals surface area (Å²) < 4.78 is 7.29. The van der Waals surface area contributed by atoms with Gasteiger partial charge < -0.3 is 14.6 Å². The van der Waals surface area contributed by atoms with Crippen LogP contribution in [0.2, 0.25) is 0 Å². The number of para-hydroxylation sites is 1. The third kappa shape index (κ3) is 3.71. The minimum absolute atomic E-state index is 0.776. The fourth-order valence-corrected chi connectivity index (χ4v) is 2.52. The Morgan fingerprint density at radius 2 is 2.15 bits per heavy atom. The average Bonchev–Trinajstić information content (AvgIpc) is 2.82. The maximum absolute atomic E-state index is 5.02. The van der Waals surface area contributed by atoms with Gasteiger partial charge in [-0.3, -0.25) is 0 Å². The first kappa shape index (κ1) is 14.8. The molecule has 0 bridgehead atoms. The molecule has 0 aliphatic carbocycles. The highest BCUT2D eigenvalue weighted by Crippen LogP contribution is 2.22. The number of hydrogen-bond acceptors (Lipinski definition) is 2. The molecule has 0 aliphatic rings. The number of nitrogens with one attached hydrogen (secondary N) is 1. The lowest BCUT2D eigenvalue weighted by Crippen LogP contribution is -2.20. The summed E-state index contributed by atoms with van der Waals surface area (Å²) in [6.07, 6.45) is 6.46. The van der Waals surface area contributed by atoms with Gasteiger partial charge in [-0.2, -0.15) is 0 Å². The fraction of sp³-hybridized carbons (Fsp3) is 0.412. The Bertz CT molecular complexity index is 545. The third-order valence-electron chi connectivity index (χ3n) is 3.48. The number of allylic oxidation sites excluding steroid dienone is 1. The van der Waals surface area contributed by atoms with Crippen LogP contribution in [0.3, 0.4) is 0 Å². The molecule has 0 amide bonds. The molecule has 20 heavy (non-hydrogen) atoms. The smallest absolute Gasteiger partial charge is 0.0587 e. The van der Waals surface area contributed by atoms with Crippen LogP contribution in [0.15, 0.2) is 43.1 Å². The van der Waals surface area contributed by atoms with Crippen molar-refractivity contribution in [2.24, 2.45) is 0 Å². The molecule has 0 spiro atoms. The van der Waals surface area contributed by atoms with E-state index in [2.05, 4.69) is 46.9 Å². The van der Waals surface area contributed by atoms with Crippen molar-refractivity contribution in [1.82, 2.24) is 9.88 Å². The molecule has 0 aliphatic heterocycles. The van der Waals surface area contributed by atoms with Crippen molar-refractivity contribution in [3.8, 4) is 0 Å². The van der Waals surface area contributed by atoms with Crippen molar-refractivity contribution in [3.63, 3.8) is 0 Å². The van der Waals surface area contributed by atoms with Gasteiger partial charge >= 0.3 is 0 Å². The molecule has 0 saturated heterocycles. The average molecular weight is 272 g/mol. The molecule has 0 fully saturated rings. The maximum Gasteiger partial charge on any atom is 0.0587 e. The number of benzene rings is 1. The van der Waals surface area contributed by atoms with Crippen molar-refractivity contribution in [1.29, 1.82) is 0 Å². The van der Waals surface area contributed by atoms with Crippen LogP contribution >= 0.6 is 0 Å². The predicted octanol–water partition coefficient (Wildman–Crippen LogP) is 3.00. The number of ether oxygens (including phenoxy) is 1. The first-order valence-corrected chi connectivity index (χ1v) is 7.24.